The molecule has 0 aliphatic carbocycles. The van der Waals surface area contributed by atoms with Crippen molar-refractivity contribution in [3.05, 3.63) is 30.1 Å². The largest absolute Gasteiger partial charge is 0.372 e. The quantitative estimate of drug-likeness (QED) is 0.752. The van der Waals surface area contributed by atoms with Crippen LogP contribution in [0.15, 0.2) is 24.3 Å². The third-order valence-electron chi connectivity index (χ3n) is 1.98. The van der Waals surface area contributed by atoms with Crippen molar-refractivity contribution in [2.75, 3.05) is 11.9 Å². The van der Waals surface area contributed by atoms with Gasteiger partial charge in [-0.3, -0.25) is 4.79 Å². The Labute approximate surface area is 93.1 Å². The third kappa shape index (κ3) is 3.24. The SMILES string of the molecule is CC(Nc1ccccc1F)C(=O)NCC#N. The Bertz CT molecular complexity index is 414. The Morgan fingerprint density at radius 2 is 2.25 bits per heavy atom. The summed E-state index contributed by atoms with van der Waals surface area (Å²) in [5.41, 5.74) is 0.266. The van der Waals surface area contributed by atoms with Crippen molar-refractivity contribution in [1.29, 1.82) is 5.26 Å². The highest BCUT2D eigenvalue weighted by Gasteiger charge is 2.13. The summed E-state index contributed by atoms with van der Waals surface area (Å²) in [5, 5.41) is 13.4. The van der Waals surface area contributed by atoms with Gasteiger partial charge >= 0.3 is 0 Å². The molecule has 0 aliphatic rings. The Balaban J connectivity index is 2.58. The second kappa shape index (κ2) is 5.71. The number of anilines is 1. The summed E-state index contributed by atoms with van der Waals surface area (Å²) >= 11 is 0. The van der Waals surface area contributed by atoms with Crippen molar-refractivity contribution in [2.45, 2.75) is 13.0 Å². The molecule has 1 aromatic carbocycles. The van der Waals surface area contributed by atoms with Crippen molar-refractivity contribution < 1.29 is 9.18 Å². The molecule has 16 heavy (non-hydrogen) atoms. The normalized spacial score (nSPS) is 11.3. The van der Waals surface area contributed by atoms with Crippen LogP contribution >= 0.6 is 0 Å². The van der Waals surface area contributed by atoms with Gasteiger partial charge in [-0.1, -0.05) is 12.1 Å². The summed E-state index contributed by atoms with van der Waals surface area (Å²) in [5.74, 6) is -0.757. The van der Waals surface area contributed by atoms with Gasteiger partial charge in [-0.2, -0.15) is 5.26 Å². The van der Waals surface area contributed by atoms with Crippen LogP contribution in [0.5, 0.6) is 0 Å². The molecule has 2 N–H and O–H groups in total. The molecular formula is C11H12FN3O. The predicted molar refractivity (Wildman–Crippen MR) is 58.1 cm³/mol. The molecule has 0 aliphatic heterocycles. The van der Waals surface area contributed by atoms with Crippen LogP contribution in [0.1, 0.15) is 6.92 Å². The van der Waals surface area contributed by atoms with Crippen LogP contribution < -0.4 is 10.6 Å². The van der Waals surface area contributed by atoms with Crippen molar-refractivity contribution in [3.63, 3.8) is 0 Å². The van der Waals surface area contributed by atoms with Gasteiger partial charge in [0.05, 0.1) is 11.8 Å². The number of hydrogen-bond acceptors (Lipinski definition) is 3. The van der Waals surface area contributed by atoms with Gasteiger partial charge in [0.25, 0.3) is 0 Å². The summed E-state index contributed by atoms with van der Waals surface area (Å²) < 4.78 is 13.2. The van der Waals surface area contributed by atoms with Crippen molar-refractivity contribution in [2.24, 2.45) is 0 Å². The zero-order chi connectivity index (χ0) is 12.0. The molecule has 1 amide bonds. The zero-order valence-electron chi connectivity index (χ0n) is 8.83. The topological polar surface area (TPSA) is 64.9 Å². The first-order valence-electron chi connectivity index (χ1n) is 4.81. The zero-order valence-corrected chi connectivity index (χ0v) is 8.83. The van der Waals surface area contributed by atoms with Crippen LogP contribution in [-0.2, 0) is 4.79 Å². The standard InChI is InChI=1S/C11H12FN3O/c1-8(11(16)14-7-6-13)15-10-5-3-2-4-9(10)12/h2-5,8,15H,7H2,1H3,(H,14,16). The molecule has 0 spiro atoms. The van der Waals surface area contributed by atoms with Crippen molar-refractivity contribution >= 4 is 11.6 Å². The van der Waals surface area contributed by atoms with Crippen LogP contribution in [0.2, 0.25) is 0 Å². The van der Waals surface area contributed by atoms with Gasteiger partial charge in [0, 0.05) is 0 Å². The number of halogens is 1. The number of carbonyl (C=O) groups excluding carboxylic acids is 1. The predicted octanol–water partition coefficient (Wildman–Crippen LogP) is 1.27. The minimum Gasteiger partial charge on any atom is -0.372 e. The molecule has 0 saturated carbocycles. The second-order valence-electron chi connectivity index (χ2n) is 3.22. The van der Waals surface area contributed by atoms with Crippen LogP contribution in [0.25, 0.3) is 0 Å². The third-order valence-corrected chi connectivity index (χ3v) is 1.98. The van der Waals surface area contributed by atoms with E-state index >= 15 is 0 Å². The summed E-state index contributed by atoms with van der Waals surface area (Å²) in [6, 6.07) is 7.30. The summed E-state index contributed by atoms with van der Waals surface area (Å²) in [6.07, 6.45) is 0. The van der Waals surface area contributed by atoms with Gasteiger partial charge in [-0.15, -0.1) is 0 Å². The highest BCUT2D eigenvalue weighted by molar-refractivity contribution is 5.84. The van der Waals surface area contributed by atoms with E-state index < -0.39 is 11.9 Å². The molecule has 4 nitrogen and oxygen atoms in total. The molecule has 1 atom stereocenters. The fraction of sp³-hybridized carbons (Fsp3) is 0.273. The van der Waals surface area contributed by atoms with Crippen molar-refractivity contribution in [1.82, 2.24) is 5.32 Å². The van der Waals surface area contributed by atoms with Crippen LogP contribution in [0.4, 0.5) is 10.1 Å². The van der Waals surface area contributed by atoms with Gasteiger partial charge < -0.3 is 10.6 Å². The average molecular weight is 221 g/mol. The molecule has 0 radical (unpaired) electrons. The number of rotatable bonds is 4. The maximum absolute atomic E-state index is 13.2. The van der Waals surface area contributed by atoms with Crippen LogP contribution in [0.3, 0.4) is 0 Å². The van der Waals surface area contributed by atoms with E-state index in [1.54, 1.807) is 31.2 Å². The van der Waals surface area contributed by atoms with E-state index in [1.807, 2.05) is 0 Å². The molecule has 0 aromatic heterocycles. The number of nitriles is 1. The number of para-hydroxylation sites is 1. The Morgan fingerprint density at radius 1 is 1.56 bits per heavy atom. The summed E-state index contributed by atoms with van der Waals surface area (Å²) in [4.78, 5) is 11.4. The molecule has 0 fully saturated rings. The minimum atomic E-state index is -0.592. The van der Waals surface area contributed by atoms with E-state index in [9.17, 15) is 9.18 Å². The van der Waals surface area contributed by atoms with E-state index in [4.69, 9.17) is 5.26 Å². The molecule has 0 heterocycles. The minimum absolute atomic E-state index is 0.0534. The number of benzene rings is 1. The lowest BCUT2D eigenvalue weighted by Gasteiger charge is -2.14. The highest BCUT2D eigenvalue weighted by Crippen LogP contribution is 2.13. The fourth-order valence-corrected chi connectivity index (χ4v) is 1.16. The smallest absolute Gasteiger partial charge is 0.243 e. The van der Waals surface area contributed by atoms with Crippen molar-refractivity contribution in [3.8, 4) is 6.07 Å². The Kier molecular flexibility index (Phi) is 4.28. The van der Waals surface area contributed by atoms with Gasteiger partial charge in [-0.25, -0.2) is 4.39 Å². The maximum Gasteiger partial charge on any atom is 0.243 e. The molecular weight excluding hydrogens is 209 g/mol. The molecule has 5 heteroatoms. The summed E-state index contributed by atoms with van der Waals surface area (Å²) in [6.45, 7) is 1.54. The lowest BCUT2D eigenvalue weighted by Crippen LogP contribution is -2.37. The molecule has 0 saturated heterocycles. The molecule has 1 unspecified atom stereocenters. The van der Waals surface area contributed by atoms with Gasteiger partial charge in [0.1, 0.15) is 18.4 Å². The van der Waals surface area contributed by atoms with E-state index in [1.165, 1.54) is 6.07 Å². The molecule has 1 rings (SSSR count). The Hall–Kier alpha value is -2.09. The molecule has 84 valence electrons. The van der Waals surface area contributed by atoms with E-state index in [0.29, 0.717) is 0 Å². The van der Waals surface area contributed by atoms with E-state index in [2.05, 4.69) is 10.6 Å². The molecule has 1 aromatic rings. The molecule has 0 bridgehead atoms. The first-order chi connectivity index (χ1) is 7.65. The second-order valence-corrected chi connectivity index (χ2v) is 3.22. The number of nitrogens with one attached hydrogen (secondary N) is 2. The maximum atomic E-state index is 13.2. The lowest BCUT2D eigenvalue weighted by molar-refractivity contribution is -0.121. The van der Waals surface area contributed by atoms with Crippen LogP contribution in [-0.4, -0.2) is 18.5 Å². The highest BCUT2D eigenvalue weighted by atomic mass is 19.1. The van der Waals surface area contributed by atoms with Gasteiger partial charge in [-0.05, 0) is 19.1 Å². The average Bonchev–Trinajstić information content (AvgIpc) is 2.28. The van der Waals surface area contributed by atoms with Gasteiger partial charge in [0.15, 0.2) is 0 Å². The summed E-state index contributed by atoms with van der Waals surface area (Å²) in [7, 11) is 0. The number of nitrogens with zero attached hydrogens (tertiary/aromatic N) is 1. The van der Waals surface area contributed by atoms with E-state index in [-0.39, 0.29) is 18.1 Å². The fourth-order valence-electron chi connectivity index (χ4n) is 1.16. The van der Waals surface area contributed by atoms with E-state index in [0.717, 1.165) is 0 Å². The number of amides is 1. The monoisotopic (exact) mass is 221 g/mol. The van der Waals surface area contributed by atoms with Crippen LogP contribution in [0, 0.1) is 17.1 Å². The first kappa shape index (κ1) is 12.0. The Morgan fingerprint density at radius 3 is 2.88 bits per heavy atom. The number of hydrogen-bond donors (Lipinski definition) is 2. The number of carbonyl (C=O) groups is 1. The lowest BCUT2D eigenvalue weighted by atomic mass is 10.2. The first-order valence-corrected chi connectivity index (χ1v) is 4.81. The van der Waals surface area contributed by atoms with Gasteiger partial charge in [0.2, 0.25) is 5.91 Å².